The van der Waals surface area contributed by atoms with Crippen molar-refractivity contribution in [3.05, 3.63) is 101 Å². The number of benzene rings is 3. The first-order valence-electron chi connectivity index (χ1n) is 11.3. The molecule has 0 spiro atoms. The van der Waals surface area contributed by atoms with Gasteiger partial charge in [0.25, 0.3) is 0 Å². The van der Waals surface area contributed by atoms with Gasteiger partial charge >= 0.3 is 0 Å². The van der Waals surface area contributed by atoms with Gasteiger partial charge in [-0.15, -0.1) is 10.2 Å². The van der Waals surface area contributed by atoms with Crippen molar-refractivity contribution in [2.45, 2.75) is 36.8 Å². The number of halogens is 1. The molecule has 0 saturated heterocycles. The van der Waals surface area contributed by atoms with Gasteiger partial charge in [-0.25, -0.2) is 4.39 Å². The molecule has 1 atom stereocenters. The van der Waals surface area contributed by atoms with Crippen LogP contribution in [0.3, 0.4) is 0 Å². The summed E-state index contributed by atoms with van der Waals surface area (Å²) in [7, 11) is 0. The van der Waals surface area contributed by atoms with Crippen molar-refractivity contribution in [2.24, 2.45) is 0 Å². The van der Waals surface area contributed by atoms with Crippen LogP contribution >= 0.6 is 11.8 Å². The summed E-state index contributed by atoms with van der Waals surface area (Å²) >= 11 is 1.37. The molecule has 0 N–H and O–H groups in total. The Balaban J connectivity index is 1.41. The monoisotopic (exact) mass is 472 g/mol. The van der Waals surface area contributed by atoms with Crippen LogP contribution < -0.4 is 0 Å². The van der Waals surface area contributed by atoms with Gasteiger partial charge in [-0.1, -0.05) is 78.5 Å². The molecule has 0 fully saturated rings. The molecule has 5 rings (SSSR count). The molecule has 4 aromatic rings. The van der Waals surface area contributed by atoms with Crippen LogP contribution in [-0.4, -0.2) is 37.4 Å². The van der Waals surface area contributed by atoms with Gasteiger partial charge in [0, 0.05) is 13.1 Å². The molecule has 0 saturated carbocycles. The average Bonchev–Trinajstić information content (AvgIpc) is 3.25. The molecule has 1 aliphatic heterocycles. The number of fused-ring (bicyclic) bond motifs is 1. The zero-order chi connectivity index (χ0) is 23.5. The lowest BCUT2D eigenvalue weighted by Gasteiger charge is -2.30. The van der Waals surface area contributed by atoms with Crippen LogP contribution in [0.25, 0.3) is 11.4 Å². The van der Waals surface area contributed by atoms with E-state index in [9.17, 15) is 9.18 Å². The first-order chi connectivity index (χ1) is 16.6. The summed E-state index contributed by atoms with van der Waals surface area (Å²) in [5.41, 5.74) is 3.95. The minimum absolute atomic E-state index is 0.0706. The van der Waals surface area contributed by atoms with Crippen LogP contribution in [0.1, 0.15) is 23.6 Å². The zero-order valence-corrected chi connectivity index (χ0v) is 19.7. The van der Waals surface area contributed by atoms with E-state index in [1.54, 1.807) is 18.2 Å². The van der Waals surface area contributed by atoms with Gasteiger partial charge in [-0.2, -0.15) is 0 Å². The van der Waals surface area contributed by atoms with Crippen LogP contribution in [0.5, 0.6) is 0 Å². The molecule has 1 amide bonds. The molecule has 34 heavy (non-hydrogen) atoms. The molecule has 0 aliphatic carbocycles. The number of hydrogen-bond acceptors (Lipinski definition) is 4. The molecule has 0 bridgehead atoms. The van der Waals surface area contributed by atoms with Crippen LogP contribution in [0.2, 0.25) is 0 Å². The van der Waals surface area contributed by atoms with Crippen LogP contribution in [0.15, 0.2) is 84.0 Å². The zero-order valence-electron chi connectivity index (χ0n) is 18.9. The largest absolute Gasteiger partial charge is 0.337 e. The molecular weight excluding hydrogens is 447 g/mol. The maximum absolute atomic E-state index is 14.6. The summed E-state index contributed by atoms with van der Waals surface area (Å²) in [6.45, 7) is 3.71. The molecular formula is C27H25FN4OS. The van der Waals surface area contributed by atoms with Crippen molar-refractivity contribution in [3.63, 3.8) is 0 Å². The van der Waals surface area contributed by atoms with E-state index >= 15 is 0 Å². The summed E-state index contributed by atoms with van der Waals surface area (Å²) in [6, 6.07) is 24.8. The van der Waals surface area contributed by atoms with E-state index in [4.69, 9.17) is 0 Å². The molecule has 2 heterocycles. The van der Waals surface area contributed by atoms with Crippen molar-refractivity contribution in [1.29, 1.82) is 0 Å². The van der Waals surface area contributed by atoms with Gasteiger partial charge in [0.15, 0.2) is 11.0 Å². The third kappa shape index (κ3) is 4.61. The van der Waals surface area contributed by atoms with Gasteiger partial charge < -0.3 is 4.90 Å². The predicted octanol–water partition coefficient (Wildman–Crippen LogP) is 5.20. The number of rotatable bonds is 6. The lowest BCUT2D eigenvalue weighted by atomic mass is 10.00. The Bertz CT molecular complexity index is 1310. The van der Waals surface area contributed by atoms with Crippen LogP contribution in [0.4, 0.5) is 4.39 Å². The summed E-state index contributed by atoms with van der Waals surface area (Å²) in [5, 5.41) is 8.95. The van der Waals surface area contributed by atoms with Crippen molar-refractivity contribution < 1.29 is 9.18 Å². The molecule has 5 nitrogen and oxygen atoms in total. The molecule has 172 valence electrons. The SMILES string of the molecule is CC(Sc1nnc(-c2ccccc2F)n1Cc1ccccc1)C(=O)N1CCc2ccccc2C1. The highest BCUT2D eigenvalue weighted by atomic mass is 32.2. The van der Waals surface area contributed by atoms with E-state index < -0.39 is 0 Å². The second-order valence-corrected chi connectivity index (χ2v) is 9.70. The molecule has 3 aromatic carbocycles. The van der Waals surface area contributed by atoms with Crippen molar-refractivity contribution >= 4 is 17.7 Å². The number of thioether (sulfide) groups is 1. The summed E-state index contributed by atoms with van der Waals surface area (Å²) in [5.74, 6) is 0.175. The van der Waals surface area contributed by atoms with Crippen molar-refractivity contribution in [2.75, 3.05) is 6.54 Å². The minimum atomic E-state index is -0.350. The maximum Gasteiger partial charge on any atom is 0.236 e. The van der Waals surface area contributed by atoms with Gasteiger partial charge in [0.05, 0.1) is 17.4 Å². The number of carbonyl (C=O) groups is 1. The Kier molecular flexibility index (Phi) is 6.45. The third-order valence-electron chi connectivity index (χ3n) is 6.09. The van der Waals surface area contributed by atoms with E-state index in [-0.39, 0.29) is 17.0 Å². The van der Waals surface area contributed by atoms with Gasteiger partial charge in [-0.3, -0.25) is 9.36 Å². The fraction of sp³-hybridized carbons (Fsp3) is 0.222. The minimum Gasteiger partial charge on any atom is -0.337 e. The number of nitrogens with zero attached hydrogens (tertiary/aromatic N) is 4. The quantitative estimate of drug-likeness (QED) is 0.362. The van der Waals surface area contributed by atoms with Crippen LogP contribution in [0, 0.1) is 5.82 Å². The summed E-state index contributed by atoms with van der Waals surface area (Å²) in [4.78, 5) is 15.2. The molecule has 0 radical (unpaired) electrons. The second kappa shape index (κ2) is 9.81. The van der Waals surface area contributed by atoms with Crippen LogP contribution in [-0.2, 0) is 24.3 Å². The Hall–Kier alpha value is -3.45. The Morgan fingerprint density at radius 3 is 2.47 bits per heavy atom. The molecule has 1 aromatic heterocycles. The van der Waals surface area contributed by atoms with Crippen molar-refractivity contribution in [3.8, 4) is 11.4 Å². The average molecular weight is 473 g/mol. The Labute approximate surface area is 202 Å². The lowest BCUT2D eigenvalue weighted by molar-refractivity contribution is -0.131. The second-order valence-electron chi connectivity index (χ2n) is 8.40. The summed E-state index contributed by atoms with van der Waals surface area (Å²) in [6.07, 6.45) is 0.862. The fourth-order valence-electron chi connectivity index (χ4n) is 4.28. The predicted molar refractivity (Wildman–Crippen MR) is 132 cm³/mol. The fourth-order valence-corrected chi connectivity index (χ4v) is 5.21. The molecule has 1 unspecified atom stereocenters. The van der Waals surface area contributed by atoms with E-state index in [0.29, 0.717) is 36.2 Å². The number of hydrogen-bond donors (Lipinski definition) is 0. The first kappa shape index (κ1) is 22.3. The maximum atomic E-state index is 14.6. The van der Waals surface area contributed by atoms with E-state index in [1.165, 1.54) is 29.0 Å². The summed E-state index contributed by atoms with van der Waals surface area (Å²) < 4.78 is 16.5. The van der Waals surface area contributed by atoms with Crippen molar-refractivity contribution in [1.82, 2.24) is 19.7 Å². The van der Waals surface area contributed by atoms with Gasteiger partial charge in [0.2, 0.25) is 5.91 Å². The number of carbonyl (C=O) groups excluding carboxylic acids is 1. The Morgan fingerprint density at radius 1 is 0.971 bits per heavy atom. The van der Waals surface area contributed by atoms with Gasteiger partial charge in [-0.05, 0) is 42.2 Å². The molecule has 7 heteroatoms. The first-order valence-corrected chi connectivity index (χ1v) is 12.2. The standard InChI is InChI=1S/C27H25FN4OS/c1-19(26(33)31-16-15-21-11-5-6-12-22(21)18-31)34-27-30-29-25(23-13-7-8-14-24(23)28)32(27)17-20-9-3-2-4-10-20/h2-14,19H,15-18H2,1H3. The highest BCUT2D eigenvalue weighted by Gasteiger charge is 2.27. The van der Waals surface area contributed by atoms with E-state index in [1.807, 2.05) is 58.9 Å². The third-order valence-corrected chi connectivity index (χ3v) is 7.16. The smallest absolute Gasteiger partial charge is 0.236 e. The number of aromatic nitrogens is 3. The Morgan fingerprint density at radius 2 is 1.68 bits per heavy atom. The van der Waals surface area contributed by atoms with E-state index in [2.05, 4.69) is 22.3 Å². The highest BCUT2D eigenvalue weighted by molar-refractivity contribution is 8.00. The number of amides is 1. The lowest BCUT2D eigenvalue weighted by Crippen LogP contribution is -2.40. The highest BCUT2D eigenvalue weighted by Crippen LogP contribution is 2.30. The van der Waals surface area contributed by atoms with E-state index in [0.717, 1.165) is 12.0 Å². The topological polar surface area (TPSA) is 51.0 Å². The molecule has 1 aliphatic rings. The van der Waals surface area contributed by atoms with Gasteiger partial charge in [0.1, 0.15) is 5.82 Å². The normalized spacial score (nSPS) is 14.0.